The maximum Gasteiger partial charge on any atom is 0.316 e. The number of nitrogens with one attached hydrogen (secondary N) is 1. The van der Waals surface area contributed by atoms with Gasteiger partial charge in [-0.05, 0) is 47.2 Å². The average molecular weight is 393 g/mol. The van der Waals surface area contributed by atoms with Crippen LogP contribution >= 0.6 is 11.8 Å². The Hall–Kier alpha value is -3.12. The molecule has 0 aliphatic heterocycles. The van der Waals surface area contributed by atoms with E-state index in [-0.39, 0.29) is 24.1 Å². The van der Waals surface area contributed by atoms with Crippen molar-refractivity contribution in [3.63, 3.8) is 0 Å². The van der Waals surface area contributed by atoms with E-state index in [9.17, 15) is 14.4 Å². The molecule has 142 valence electrons. The van der Waals surface area contributed by atoms with Gasteiger partial charge in [0, 0.05) is 23.1 Å². The molecular formula is C22H19NO4S. The average Bonchev–Trinajstić information content (AvgIpc) is 2.70. The molecule has 6 heteroatoms. The number of carbonyl (C=O) groups is 3. The van der Waals surface area contributed by atoms with E-state index in [0.29, 0.717) is 11.3 Å². The molecule has 3 aromatic carbocycles. The van der Waals surface area contributed by atoms with Gasteiger partial charge in [-0.25, -0.2) is 0 Å². The van der Waals surface area contributed by atoms with Crippen LogP contribution in [0.25, 0.3) is 10.8 Å². The maximum atomic E-state index is 12.1. The van der Waals surface area contributed by atoms with Crippen LogP contribution in [0.5, 0.6) is 0 Å². The normalized spacial score (nSPS) is 10.5. The minimum Gasteiger partial charge on any atom is -0.457 e. The summed E-state index contributed by atoms with van der Waals surface area (Å²) in [4.78, 5) is 36.0. The van der Waals surface area contributed by atoms with Gasteiger partial charge >= 0.3 is 5.97 Å². The molecule has 0 radical (unpaired) electrons. The van der Waals surface area contributed by atoms with Gasteiger partial charge in [0.1, 0.15) is 0 Å². The van der Waals surface area contributed by atoms with Crippen LogP contribution in [-0.4, -0.2) is 30.0 Å². The van der Waals surface area contributed by atoms with Gasteiger partial charge in [-0.1, -0.05) is 30.3 Å². The zero-order chi connectivity index (χ0) is 19.9. The zero-order valence-electron chi connectivity index (χ0n) is 15.3. The van der Waals surface area contributed by atoms with Crippen molar-refractivity contribution in [1.82, 2.24) is 0 Å². The fourth-order valence-electron chi connectivity index (χ4n) is 2.61. The van der Waals surface area contributed by atoms with Gasteiger partial charge in [-0.15, -0.1) is 11.8 Å². The van der Waals surface area contributed by atoms with Gasteiger partial charge in [0.15, 0.2) is 12.4 Å². The van der Waals surface area contributed by atoms with Crippen molar-refractivity contribution in [2.24, 2.45) is 0 Å². The third-order valence-corrected chi connectivity index (χ3v) is 4.94. The van der Waals surface area contributed by atoms with Crippen LogP contribution in [0.1, 0.15) is 17.3 Å². The first kappa shape index (κ1) is 19.6. The molecule has 0 aliphatic rings. The predicted molar refractivity (Wildman–Crippen MR) is 111 cm³/mol. The molecule has 0 unspecified atom stereocenters. The minimum atomic E-state index is -0.443. The molecule has 3 aromatic rings. The highest BCUT2D eigenvalue weighted by molar-refractivity contribution is 8.00. The lowest BCUT2D eigenvalue weighted by atomic mass is 10.1. The Morgan fingerprint density at radius 2 is 1.64 bits per heavy atom. The molecule has 0 aromatic heterocycles. The molecule has 0 saturated heterocycles. The van der Waals surface area contributed by atoms with Gasteiger partial charge in [0.25, 0.3) is 0 Å². The Labute approximate surface area is 167 Å². The largest absolute Gasteiger partial charge is 0.457 e. The third-order valence-electron chi connectivity index (χ3n) is 3.97. The summed E-state index contributed by atoms with van der Waals surface area (Å²) in [7, 11) is 0. The van der Waals surface area contributed by atoms with Crippen molar-refractivity contribution in [2.45, 2.75) is 11.8 Å². The molecule has 0 fully saturated rings. The summed E-state index contributed by atoms with van der Waals surface area (Å²) in [6.45, 7) is 1.10. The molecule has 0 spiro atoms. The van der Waals surface area contributed by atoms with Crippen LogP contribution in [0.3, 0.4) is 0 Å². The molecule has 0 bridgehead atoms. The summed E-state index contributed by atoms with van der Waals surface area (Å²) in [5.74, 6) is -0.788. The van der Waals surface area contributed by atoms with E-state index in [1.807, 2.05) is 42.5 Å². The summed E-state index contributed by atoms with van der Waals surface area (Å²) in [6.07, 6.45) is 0. The number of rotatable bonds is 7. The standard InChI is InChI=1S/C22H19NO4S/c1-15(24)23-19-9-6-17(7-10-19)21(25)13-27-22(26)14-28-20-11-8-16-4-2-3-5-18(16)12-20/h2-12H,13-14H2,1H3,(H,23,24). The van der Waals surface area contributed by atoms with Crippen molar-refractivity contribution < 1.29 is 19.1 Å². The lowest BCUT2D eigenvalue weighted by Crippen LogP contribution is -2.15. The topological polar surface area (TPSA) is 72.5 Å². The summed E-state index contributed by atoms with van der Waals surface area (Å²) in [6, 6.07) is 20.4. The number of carbonyl (C=O) groups excluding carboxylic acids is 3. The number of anilines is 1. The number of fused-ring (bicyclic) bond motifs is 1. The van der Waals surface area contributed by atoms with Crippen LogP contribution in [0.4, 0.5) is 5.69 Å². The van der Waals surface area contributed by atoms with E-state index >= 15 is 0 Å². The fraction of sp³-hybridized carbons (Fsp3) is 0.136. The lowest BCUT2D eigenvalue weighted by molar-refractivity contribution is -0.139. The second-order valence-electron chi connectivity index (χ2n) is 6.14. The van der Waals surface area contributed by atoms with Crippen molar-refractivity contribution in [2.75, 3.05) is 17.7 Å². The number of benzene rings is 3. The third kappa shape index (κ3) is 5.44. The van der Waals surface area contributed by atoms with Gasteiger partial charge in [-0.3, -0.25) is 14.4 Å². The number of hydrogen-bond donors (Lipinski definition) is 1. The number of ketones is 1. The summed E-state index contributed by atoms with van der Waals surface area (Å²) in [5.41, 5.74) is 1.02. The van der Waals surface area contributed by atoms with E-state index in [2.05, 4.69) is 5.32 Å². The Morgan fingerprint density at radius 3 is 2.36 bits per heavy atom. The molecule has 0 aliphatic carbocycles. The molecule has 0 heterocycles. The highest BCUT2D eigenvalue weighted by atomic mass is 32.2. The molecule has 0 atom stereocenters. The summed E-state index contributed by atoms with van der Waals surface area (Å²) < 4.78 is 5.08. The Kier molecular flexibility index (Phi) is 6.45. The number of hydrogen-bond acceptors (Lipinski definition) is 5. The second-order valence-corrected chi connectivity index (χ2v) is 7.19. The highest BCUT2D eigenvalue weighted by Gasteiger charge is 2.11. The molecule has 3 rings (SSSR count). The SMILES string of the molecule is CC(=O)Nc1ccc(C(=O)COC(=O)CSc2ccc3ccccc3c2)cc1. The Morgan fingerprint density at radius 1 is 0.929 bits per heavy atom. The fourth-order valence-corrected chi connectivity index (χ4v) is 3.36. The number of ether oxygens (including phenoxy) is 1. The van der Waals surface area contributed by atoms with Gasteiger partial charge < -0.3 is 10.1 Å². The predicted octanol–water partition coefficient (Wildman–Crippen LogP) is 4.32. The molecule has 28 heavy (non-hydrogen) atoms. The smallest absolute Gasteiger partial charge is 0.316 e. The van der Waals surface area contributed by atoms with Gasteiger partial charge in [0.05, 0.1) is 5.75 Å². The number of esters is 1. The zero-order valence-corrected chi connectivity index (χ0v) is 16.1. The van der Waals surface area contributed by atoms with Gasteiger partial charge in [-0.2, -0.15) is 0 Å². The van der Waals surface area contributed by atoms with Crippen molar-refractivity contribution in [3.05, 3.63) is 72.3 Å². The van der Waals surface area contributed by atoms with E-state index in [1.165, 1.54) is 18.7 Å². The molecule has 1 N–H and O–H groups in total. The first-order valence-corrected chi connectivity index (χ1v) is 9.68. The molecular weight excluding hydrogens is 374 g/mol. The monoisotopic (exact) mass is 393 g/mol. The first-order chi connectivity index (χ1) is 13.5. The second kappa shape index (κ2) is 9.19. The van der Waals surface area contributed by atoms with E-state index in [4.69, 9.17) is 4.74 Å². The molecule has 0 saturated carbocycles. The van der Waals surface area contributed by atoms with Crippen LogP contribution in [0.2, 0.25) is 0 Å². The van der Waals surface area contributed by atoms with Crippen LogP contribution < -0.4 is 5.32 Å². The van der Waals surface area contributed by atoms with Crippen molar-refractivity contribution in [1.29, 1.82) is 0 Å². The lowest BCUT2D eigenvalue weighted by Gasteiger charge is -2.06. The van der Waals surface area contributed by atoms with Crippen LogP contribution in [-0.2, 0) is 14.3 Å². The summed E-state index contributed by atoms with van der Waals surface area (Å²) in [5, 5.41) is 4.88. The van der Waals surface area contributed by atoms with Crippen LogP contribution in [0, 0.1) is 0 Å². The van der Waals surface area contributed by atoms with Gasteiger partial charge in [0.2, 0.25) is 5.91 Å². The highest BCUT2D eigenvalue weighted by Crippen LogP contribution is 2.23. The molecule has 5 nitrogen and oxygen atoms in total. The quantitative estimate of drug-likeness (QED) is 0.368. The number of thioether (sulfide) groups is 1. The van der Waals surface area contributed by atoms with E-state index < -0.39 is 5.97 Å². The summed E-state index contributed by atoms with van der Waals surface area (Å²) >= 11 is 1.37. The van der Waals surface area contributed by atoms with Crippen molar-refractivity contribution >= 4 is 45.9 Å². The van der Waals surface area contributed by atoms with E-state index in [1.54, 1.807) is 24.3 Å². The Balaban J connectivity index is 1.47. The van der Waals surface area contributed by atoms with Crippen LogP contribution in [0.15, 0.2) is 71.6 Å². The van der Waals surface area contributed by atoms with Crippen molar-refractivity contribution in [3.8, 4) is 0 Å². The van der Waals surface area contributed by atoms with E-state index in [0.717, 1.165) is 15.7 Å². The minimum absolute atomic E-state index is 0.132. The number of amides is 1. The Bertz CT molecular complexity index is 1010. The first-order valence-electron chi connectivity index (χ1n) is 8.69. The number of Topliss-reactive ketones (excluding diaryl/α,β-unsaturated/α-hetero) is 1. The maximum absolute atomic E-state index is 12.1. The molecule has 1 amide bonds.